The summed E-state index contributed by atoms with van der Waals surface area (Å²) in [4.78, 5) is 31.8. The summed E-state index contributed by atoms with van der Waals surface area (Å²) in [5, 5.41) is 3.49. The number of nitrogens with zero attached hydrogens (tertiary/aromatic N) is 2. The van der Waals surface area contributed by atoms with Crippen LogP contribution in [-0.4, -0.2) is 29.9 Å². The molecular formula is C23H23N3O3S. The molecule has 30 heavy (non-hydrogen) atoms. The van der Waals surface area contributed by atoms with Crippen LogP contribution in [0.4, 0.5) is 10.8 Å². The Bertz CT molecular complexity index is 1080. The van der Waals surface area contributed by atoms with E-state index in [1.807, 2.05) is 62.4 Å². The van der Waals surface area contributed by atoms with Gasteiger partial charge in [-0.1, -0.05) is 30.3 Å². The molecule has 0 radical (unpaired) electrons. The van der Waals surface area contributed by atoms with Gasteiger partial charge in [0.1, 0.15) is 5.75 Å². The van der Waals surface area contributed by atoms with Crippen LogP contribution in [0.3, 0.4) is 0 Å². The van der Waals surface area contributed by atoms with Gasteiger partial charge in [-0.15, -0.1) is 11.3 Å². The van der Waals surface area contributed by atoms with Crippen molar-refractivity contribution in [2.75, 3.05) is 23.4 Å². The van der Waals surface area contributed by atoms with Gasteiger partial charge < -0.3 is 15.0 Å². The summed E-state index contributed by atoms with van der Waals surface area (Å²) in [6, 6.07) is 15.7. The quantitative estimate of drug-likeness (QED) is 0.639. The molecule has 2 heterocycles. The number of anilines is 2. The van der Waals surface area contributed by atoms with Crippen LogP contribution in [0.1, 0.15) is 23.8 Å². The Morgan fingerprint density at radius 2 is 2.03 bits per heavy atom. The van der Waals surface area contributed by atoms with Crippen LogP contribution in [0.2, 0.25) is 0 Å². The van der Waals surface area contributed by atoms with E-state index in [2.05, 4.69) is 10.3 Å². The summed E-state index contributed by atoms with van der Waals surface area (Å²) < 4.78 is 5.54. The maximum absolute atomic E-state index is 12.3. The number of thiazole rings is 1. The SMILES string of the molecule is CCN1C(=O)COc2ccc(-c3nc(NC(=O)CCc4ccccc4)sc3C)cc21. The predicted molar refractivity (Wildman–Crippen MR) is 119 cm³/mol. The van der Waals surface area contributed by atoms with Crippen molar-refractivity contribution >= 4 is 34.0 Å². The molecule has 0 unspecified atom stereocenters. The van der Waals surface area contributed by atoms with Crippen molar-refractivity contribution in [1.29, 1.82) is 0 Å². The smallest absolute Gasteiger partial charge is 0.265 e. The number of hydrogen-bond acceptors (Lipinski definition) is 5. The normalized spacial score (nSPS) is 13.0. The number of carbonyl (C=O) groups is 2. The second-order valence-electron chi connectivity index (χ2n) is 7.07. The Morgan fingerprint density at radius 3 is 2.80 bits per heavy atom. The lowest BCUT2D eigenvalue weighted by Crippen LogP contribution is -2.38. The van der Waals surface area contributed by atoms with E-state index < -0.39 is 0 Å². The fourth-order valence-corrected chi connectivity index (χ4v) is 4.35. The fraction of sp³-hybridized carbons (Fsp3) is 0.261. The Morgan fingerprint density at radius 1 is 1.23 bits per heavy atom. The summed E-state index contributed by atoms with van der Waals surface area (Å²) >= 11 is 1.45. The van der Waals surface area contributed by atoms with Gasteiger partial charge in [-0.3, -0.25) is 9.59 Å². The molecular weight excluding hydrogens is 398 g/mol. The van der Waals surface area contributed by atoms with E-state index >= 15 is 0 Å². The number of carbonyl (C=O) groups excluding carboxylic acids is 2. The second-order valence-corrected chi connectivity index (χ2v) is 8.27. The third-order valence-corrected chi connectivity index (χ3v) is 5.90. The minimum absolute atomic E-state index is 0.0523. The highest BCUT2D eigenvalue weighted by atomic mass is 32.1. The van der Waals surface area contributed by atoms with E-state index in [9.17, 15) is 9.59 Å². The third kappa shape index (κ3) is 4.21. The first-order valence-corrected chi connectivity index (χ1v) is 10.8. The van der Waals surface area contributed by atoms with E-state index in [4.69, 9.17) is 4.74 Å². The van der Waals surface area contributed by atoms with Crippen LogP contribution in [0.15, 0.2) is 48.5 Å². The van der Waals surface area contributed by atoms with E-state index in [1.165, 1.54) is 11.3 Å². The molecule has 1 aromatic heterocycles. The molecule has 2 amide bonds. The zero-order valence-electron chi connectivity index (χ0n) is 17.0. The number of aromatic nitrogens is 1. The fourth-order valence-electron chi connectivity index (χ4n) is 3.50. The van der Waals surface area contributed by atoms with Gasteiger partial charge >= 0.3 is 0 Å². The number of likely N-dealkylation sites (N-methyl/N-ethyl adjacent to an activating group) is 1. The minimum Gasteiger partial charge on any atom is -0.482 e. The Balaban J connectivity index is 1.49. The van der Waals surface area contributed by atoms with Crippen molar-refractivity contribution in [2.24, 2.45) is 0 Å². The molecule has 3 aromatic rings. The van der Waals surface area contributed by atoms with Crippen LogP contribution in [0.5, 0.6) is 5.75 Å². The lowest BCUT2D eigenvalue weighted by atomic mass is 10.1. The van der Waals surface area contributed by atoms with Crippen LogP contribution < -0.4 is 15.0 Å². The molecule has 6 nitrogen and oxygen atoms in total. The first kappa shape index (κ1) is 20.1. The van der Waals surface area contributed by atoms with Gasteiger partial charge in [-0.25, -0.2) is 4.98 Å². The largest absolute Gasteiger partial charge is 0.482 e. The lowest BCUT2D eigenvalue weighted by Gasteiger charge is -2.28. The number of fused-ring (bicyclic) bond motifs is 1. The highest BCUT2D eigenvalue weighted by Crippen LogP contribution is 2.38. The summed E-state index contributed by atoms with van der Waals surface area (Å²) in [6.45, 7) is 4.56. The molecule has 2 aromatic carbocycles. The molecule has 1 aliphatic rings. The third-order valence-electron chi connectivity index (χ3n) is 5.02. The van der Waals surface area contributed by atoms with E-state index in [1.54, 1.807) is 4.90 Å². The molecule has 1 aliphatic heterocycles. The van der Waals surface area contributed by atoms with Crippen LogP contribution in [0.25, 0.3) is 11.3 Å². The molecule has 0 saturated carbocycles. The van der Waals surface area contributed by atoms with Gasteiger partial charge in [-0.05, 0) is 44.0 Å². The van der Waals surface area contributed by atoms with Crippen molar-refractivity contribution < 1.29 is 14.3 Å². The first-order valence-electron chi connectivity index (χ1n) is 9.94. The highest BCUT2D eigenvalue weighted by Gasteiger charge is 2.25. The van der Waals surface area contributed by atoms with Gasteiger partial charge in [-0.2, -0.15) is 0 Å². The predicted octanol–water partition coefficient (Wildman–Crippen LogP) is 4.44. The van der Waals surface area contributed by atoms with E-state index in [-0.39, 0.29) is 18.4 Å². The van der Waals surface area contributed by atoms with Crippen molar-refractivity contribution in [3.8, 4) is 17.0 Å². The van der Waals surface area contributed by atoms with Crippen molar-refractivity contribution in [2.45, 2.75) is 26.7 Å². The average Bonchev–Trinajstić information content (AvgIpc) is 3.12. The second kappa shape index (κ2) is 8.67. The summed E-state index contributed by atoms with van der Waals surface area (Å²) in [5.74, 6) is 0.590. The van der Waals surface area contributed by atoms with E-state index in [0.29, 0.717) is 30.3 Å². The molecule has 0 saturated heterocycles. The number of ether oxygens (including phenoxy) is 1. The molecule has 154 valence electrons. The molecule has 0 spiro atoms. The molecule has 4 rings (SSSR count). The monoisotopic (exact) mass is 421 g/mol. The summed E-state index contributed by atoms with van der Waals surface area (Å²) in [6.07, 6.45) is 1.09. The maximum atomic E-state index is 12.3. The highest BCUT2D eigenvalue weighted by molar-refractivity contribution is 7.16. The Labute approximate surface area is 179 Å². The van der Waals surface area contributed by atoms with Gasteiger partial charge in [0.15, 0.2) is 11.7 Å². The number of aryl methyl sites for hydroxylation is 2. The van der Waals surface area contributed by atoms with Gasteiger partial charge in [0.25, 0.3) is 5.91 Å². The van der Waals surface area contributed by atoms with Gasteiger partial charge in [0.2, 0.25) is 5.91 Å². The molecule has 7 heteroatoms. The Kier molecular flexibility index (Phi) is 5.81. The molecule has 0 atom stereocenters. The number of hydrogen-bond donors (Lipinski definition) is 1. The molecule has 0 aliphatic carbocycles. The summed E-state index contributed by atoms with van der Waals surface area (Å²) in [5.41, 5.74) is 3.58. The average molecular weight is 422 g/mol. The molecule has 0 bridgehead atoms. The number of nitrogens with one attached hydrogen (secondary N) is 1. The van der Waals surface area contributed by atoms with Gasteiger partial charge in [0, 0.05) is 23.4 Å². The first-order chi connectivity index (χ1) is 14.5. The topological polar surface area (TPSA) is 71.5 Å². The zero-order valence-corrected chi connectivity index (χ0v) is 17.8. The number of rotatable bonds is 6. The number of benzene rings is 2. The van der Waals surface area contributed by atoms with Crippen LogP contribution in [-0.2, 0) is 16.0 Å². The molecule has 1 N–H and O–H groups in total. The number of amides is 2. The van der Waals surface area contributed by atoms with Crippen molar-refractivity contribution in [3.05, 3.63) is 59.0 Å². The standard InChI is InChI=1S/C23H23N3O3S/c1-3-26-18-13-17(10-11-19(18)29-14-21(26)28)22-15(2)30-23(25-22)24-20(27)12-9-16-7-5-4-6-8-16/h4-8,10-11,13H,3,9,12,14H2,1-2H3,(H,24,25,27). The van der Waals surface area contributed by atoms with Crippen LogP contribution in [0, 0.1) is 6.92 Å². The van der Waals surface area contributed by atoms with Crippen molar-refractivity contribution in [3.63, 3.8) is 0 Å². The van der Waals surface area contributed by atoms with Crippen molar-refractivity contribution in [1.82, 2.24) is 4.98 Å². The zero-order chi connectivity index (χ0) is 21.1. The van der Waals surface area contributed by atoms with E-state index in [0.717, 1.165) is 27.4 Å². The minimum atomic E-state index is -0.0549. The van der Waals surface area contributed by atoms with Crippen LogP contribution >= 0.6 is 11.3 Å². The Hall–Kier alpha value is -3.19. The molecule has 0 fully saturated rings. The summed E-state index contributed by atoms with van der Waals surface area (Å²) in [7, 11) is 0. The maximum Gasteiger partial charge on any atom is 0.265 e. The van der Waals surface area contributed by atoms with Gasteiger partial charge in [0.05, 0.1) is 11.4 Å². The lowest BCUT2D eigenvalue weighted by molar-refractivity contribution is -0.121.